The van der Waals surface area contributed by atoms with Crippen LogP contribution >= 0.6 is 0 Å². The van der Waals surface area contributed by atoms with E-state index < -0.39 is 23.3 Å². The van der Waals surface area contributed by atoms with E-state index in [2.05, 4.69) is 0 Å². The zero-order valence-electron chi connectivity index (χ0n) is 12.9. The molecule has 1 N–H and O–H groups in total. The van der Waals surface area contributed by atoms with Gasteiger partial charge in [0, 0.05) is 23.7 Å². The Morgan fingerprint density at radius 3 is 2.45 bits per heavy atom. The summed E-state index contributed by atoms with van der Waals surface area (Å²) in [5, 5.41) is 20.0. The van der Waals surface area contributed by atoms with Gasteiger partial charge in [-0.3, -0.25) is 19.7 Å². The Hall–Kier alpha value is -2.44. The molecule has 0 spiro atoms. The normalized spacial score (nSPS) is 10.5. The molecule has 22 heavy (non-hydrogen) atoms. The van der Waals surface area contributed by atoms with Gasteiger partial charge in [-0.05, 0) is 18.4 Å². The van der Waals surface area contributed by atoms with Crippen molar-refractivity contribution in [2.45, 2.75) is 27.2 Å². The number of aryl methyl sites for hydroxylation is 1. The van der Waals surface area contributed by atoms with E-state index in [1.54, 1.807) is 13.0 Å². The topological polar surface area (TPSA) is 101 Å². The van der Waals surface area contributed by atoms with Crippen LogP contribution in [0.25, 0.3) is 0 Å². The highest BCUT2D eigenvalue weighted by Gasteiger charge is 2.22. The molecule has 1 aromatic rings. The van der Waals surface area contributed by atoms with Crippen LogP contribution in [-0.4, -0.2) is 39.9 Å². The molecule has 1 rings (SSSR count). The maximum atomic E-state index is 12.4. The summed E-state index contributed by atoms with van der Waals surface area (Å²) in [4.78, 5) is 35.1. The molecule has 0 aliphatic carbocycles. The summed E-state index contributed by atoms with van der Waals surface area (Å²) in [6.07, 6.45) is 0.482. The summed E-state index contributed by atoms with van der Waals surface area (Å²) in [6, 6.07) is 4.26. The number of hydrogen-bond donors (Lipinski definition) is 1. The molecule has 7 heteroatoms. The zero-order chi connectivity index (χ0) is 16.9. The predicted molar refractivity (Wildman–Crippen MR) is 80.9 cm³/mol. The number of nitrogens with zero attached hydrogens (tertiary/aromatic N) is 2. The summed E-state index contributed by atoms with van der Waals surface area (Å²) >= 11 is 0. The highest BCUT2D eigenvalue weighted by molar-refractivity contribution is 5.96. The number of hydrogen-bond acceptors (Lipinski definition) is 4. The van der Waals surface area contributed by atoms with Gasteiger partial charge in [-0.15, -0.1) is 0 Å². The number of benzene rings is 1. The van der Waals surface area contributed by atoms with Crippen LogP contribution in [0.1, 0.15) is 36.7 Å². The maximum Gasteiger partial charge on any atom is 0.323 e. The van der Waals surface area contributed by atoms with Crippen molar-refractivity contribution in [3.63, 3.8) is 0 Å². The minimum atomic E-state index is -1.12. The molecule has 7 nitrogen and oxygen atoms in total. The first-order chi connectivity index (χ1) is 10.3. The molecule has 0 heterocycles. The number of carbonyl (C=O) groups is 2. The van der Waals surface area contributed by atoms with Crippen LogP contribution in [0.4, 0.5) is 5.69 Å². The molecular formula is C15H20N2O5. The van der Waals surface area contributed by atoms with Crippen LogP contribution in [-0.2, 0) is 11.2 Å². The lowest BCUT2D eigenvalue weighted by atomic mass is 10.1. The van der Waals surface area contributed by atoms with Crippen molar-refractivity contribution in [1.82, 2.24) is 4.90 Å². The molecule has 0 aliphatic rings. The largest absolute Gasteiger partial charge is 0.480 e. The summed E-state index contributed by atoms with van der Waals surface area (Å²) in [5.74, 6) is -1.54. The average molecular weight is 308 g/mol. The number of rotatable bonds is 7. The molecule has 0 saturated carbocycles. The smallest absolute Gasteiger partial charge is 0.323 e. The van der Waals surface area contributed by atoms with E-state index >= 15 is 0 Å². The molecule has 0 aliphatic heterocycles. The van der Waals surface area contributed by atoms with Crippen molar-refractivity contribution in [2.24, 2.45) is 5.92 Å². The molecule has 0 aromatic heterocycles. The van der Waals surface area contributed by atoms with Gasteiger partial charge in [-0.25, -0.2) is 0 Å². The summed E-state index contributed by atoms with van der Waals surface area (Å²) in [7, 11) is 0. The fourth-order valence-corrected chi connectivity index (χ4v) is 2.17. The third-order valence-electron chi connectivity index (χ3n) is 3.11. The van der Waals surface area contributed by atoms with Gasteiger partial charge < -0.3 is 10.0 Å². The van der Waals surface area contributed by atoms with Gasteiger partial charge in [0.25, 0.3) is 11.6 Å². The Morgan fingerprint density at radius 1 is 1.36 bits per heavy atom. The summed E-state index contributed by atoms with van der Waals surface area (Å²) < 4.78 is 0. The number of nitro benzene ring substituents is 1. The monoisotopic (exact) mass is 308 g/mol. The molecule has 0 unspecified atom stereocenters. The van der Waals surface area contributed by atoms with Gasteiger partial charge in [0.2, 0.25) is 0 Å². The Balaban J connectivity index is 3.15. The SMILES string of the molecule is CCc1ccc(C(=O)N(CC(=O)O)CC(C)C)cc1[N+](=O)[O-]. The van der Waals surface area contributed by atoms with Crippen LogP contribution in [0.15, 0.2) is 18.2 Å². The first-order valence-corrected chi connectivity index (χ1v) is 7.04. The van der Waals surface area contributed by atoms with Crippen LogP contribution in [0.2, 0.25) is 0 Å². The first-order valence-electron chi connectivity index (χ1n) is 7.04. The second kappa shape index (κ2) is 7.53. The lowest BCUT2D eigenvalue weighted by Gasteiger charge is -2.22. The van der Waals surface area contributed by atoms with Crippen LogP contribution in [0.3, 0.4) is 0 Å². The van der Waals surface area contributed by atoms with E-state index in [4.69, 9.17) is 5.11 Å². The minimum absolute atomic E-state index is 0.0909. The summed E-state index contributed by atoms with van der Waals surface area (Å²) in [6.45, 7) is 5.36. The molecular weight excluding hydrogens is 288 g/mol. The lowest BCUT2D eigenvalue weighted by molar-refractivity contribution is -0.385. The van der Waals surface area contributed by atoms with E-state index in [-0.39, 0.29) is 23.7 Å². The van der Waals surface area contributed by atoms with Crippen molar-refractivity contribution in [1.29, 1.82) is 0 Å². The van der Waals surface area contributed by atoms with Gasteiger partial charge in [-0.2, -0.15) is 0 Å². The van der Waals surface area contributed by atoms with E-state index in [1.807, 2.05) is 13.8 Å². The fourth-order valence-electron chi connectivity index (χ4n) is 2.17. The van der Waals surface area contributed by atoms with Crippen molar-refractivity contribution in [3.05, 3.63) is 39.4 Å². The molecule has 0 bridgehead atoms. The lowest BCUT2D eigenvalue weighted by Crippen LogP contribution is -2.38. The van der Waals surface area contributed by atoms with Gasteiger partial charge in [0.1, 0.15) is 6.54 Å². The van der Waals surface area contributed by atoms with Gasteiger partial charge in [0.15, 0.2) is 0 Å². The molecule has 1 aromatic carbocycles. The maximum absolute atomic E-state index is 12.4. The van der Waals surface area contributed by atoms with E-state index in [0.29, 0.717) is 12.0 Å². The number of aliphatic carboxylic acids is 1. The minimum Gasteiger partial charge on any atom is -0.480 e. The van der Waals surface area contributed by atoms with Gasteiger partial charge in [-0.1, -0.05) is 26.8 Å². The Morgan fingerprint density at radius 2 is 2.00 bits per heavy atom. The van der Waals surface area contributed by atoms with Crippen LogP contribution in [0, 0.1) is 16.0 Å². The zero-order valence-corrected chi connectivity index (χ0v) is 12.9. The van der Waals surface area contributed by atoms with E-state index in [0.717, 1.165) is 0 Å². The number of amides is 1. The third kappa shape index (κ3) is 4.54. The number of carbonyl (C=O) groups excluding carboxylic acids is 1. The Labute approximate surface area is 128 Å². The average Bonchev–Trinajstić information content (AvgIpc) is 2.44. The Kier molecular flexibility index (Phi) is 6.03. The molecule has 0 fully saturated rings. The predicted octanol–water partition coefficient (Wildman–Crippen LogP) is 2.34. The van der Waals surface area contributed by atoms with Crippen molar-refractivity contribution >= 4 is 17.6 Å². The third-order valence-corrected chi connectivity index (χ3v) is 3.11. The quantitative estimate of drug-likeness (QED) is 0.615. The van der Waals surface area contributed by atoms with Crippen molar-refractivity contribution < 1.29 is 19.6 Å². The second-order valence-corrected chi connectivity index (χ2v) is 5.43. The van der Waals surface area contributed by atoms with Crippen LogP contribution in [0.5, 0.6) is 0 Å². The number of carboxylic acids is 1. The summed E-state index contributed by atoms with van der Waals surface area (Å²) in [5.41, 5.74) is 0.550. The molecule has 1 amide bonds. The van der Waals surface area contributed by atoms with Crippen molar-refractivity contribution in [2.75, 3.05) is 13.1 Å². The molecule has 0 saturated heterocycles. The van der Waals surface area contributed by atoms with E-state index in [1.165, 1.54) is 17.0 Å². The number of carboxylic acid groups (broad SMARTS) is 1. The van der Waals surface area contributed by atoms with Crippen LogP contribution < -0.4 is 0 Å². The second-order valence-electron chi connectivity index (χ2n) is 5.43. The van der Waals surface area contributed by atoms with E-state index in [9.17, 15) is 19.7 Å². The van der Waals surface area contributed by atoms with Crippen molar-refractivity contribution in [3.8, 4) is 0 Å². The fraction of sp³-hybridized carbons (Fsp3) is 0.467. The molecule has 120 valence electrons. The Bertz CT molecular complexity index is 583. The standard InChI is InChI=1S/C15H20N2O5/c1-4-11-5-6-12(7-13(11)17(21)22)15(20)16(8-10(2)3)9-14(18)19/h5-7,10H,4,8-9H2,1-3H3,(H,18,19). The van der Waals surface area contributed by atoms with Gasteiger partial charge in [0.05, 0.1) is 4.92 Å². The molecule has 0 atom stereocenters. The first kappa shape index (κ1) is 17.6. The highest BCUT2D eigenvalue weighted by Crippen LogP contribution is 2.22. The number of nitro groups is 1. The van der Waals surface area contributed by atoms with Gasteiger partial charge >= 0.3 is 5.97 Å². The molecule has 0 radical (unpaired) electrons. The highest BCUT2D eigenvalue weighted by atomic mass is 16.6.